The monoisotopic (exact) mass is 345 g/mol. The minimum Gasteiger partial charge on any atom is -0.508 e. The molecule has 4 heteroatoms. The number of fused-ring (bicyclic) bond motifs is 2. The van der Waals surface area contributed by atoms with Gasteiger partial charge in [-0.3, -0.25) is 4.79 Å². The van der Waals surface area contributed by atoms with Gasteiger partial charge in [-0.2, -0.15) is 0 Å². The van der Waals surface area contributed by atoms with Gasteiger partial charge < -0.3 is 14.8 Å². The zero-order valence-electron chi connectivity index (χ0n) is 14.5. The first-order chi connectivity index (χ1) is 12.7. The Kier molecular flexibility index (Phi) is 4.09. The summed E-state index contributed by atoms with van der Waals surface area (Å²) in [7, 11) is 0. The number of para-hydroxylation sites is 1. The average Bonchev–Trinajstić information content (AvgIpc) is 3.04. The number of rotatable bonds is 4. The van der Waals surface area contributed by atoms with Gasteiger partial charge in [0, 0.05) is 18.4 Å². The lowest BCUT2D eigenvalue weighted by atomic mass is 10.1. The van der Waals surface area contributed by atoms with Gasteiger partial charge >= 0.3 is 0 Å². The van der Waals surface area contributed by atoms with Crippen LogP contribution in [0.4, 0.5) is 0 Å². The fourth-order valence-electron chi connectivity index (χ4n) is 3.26. The van der Waals surface area contributed by atoms with Gasteiger partial charge in [-0.1, -0.05) is 43.3 Å². The number of furan rings is 1. The van der Waals surface area contributed by atoms with Crippen molar-refractivity contribution in [3.8, 4) is 5.75 Å². The number of hydrogen-bond donors (Lipinski definition) is 2. The molecule has 0 spiro atoms. The number of nitrogens with one attached hydrogen (secondary N) is 1. The number of amides is 1. The highest BCUT2D eigenvalue weighted by Crippen LogP contribution is 2.26. The highest BCUT2D eigenvalue weighted by Gasteiger charge is 2.19. The van der Waals surface area contributed by atoms with Crippen molar-refractivity contribution >= 4 is 27.6 Å². The van der Waals surface area contributed by atoms with E-state index in [0.717, 1.165) is 27.3 Å². The van der Waals surface area contributed by atoms with Crippen LogP contribution in [-0.4, -0.2) is 11.0 Å². The van der Waals surface area contributed by atoms with Crippen LogP contribution >= 0.6 is 0 Å². The molecule has 4 nitrogen and oxygen atoms in total. The number of hydrogen-bond acceptors (Lipinski definition) is 3. The predicted molar refractivity (Wildman–Crippen MR) is 102 cm³/mol. The molecule has 0 aliphatic carbocycles. The van der Waals surface area contributed by atoms with Crippen molar-refractivity contribution < 1.29 is 14.3 Å². The van der Waals surface area contributed by atoms with Gasteiger partial charge in [0.25, 0.3) is 5.91 Å². The number of aromatic hydroxyl groups is 1. The summed E-state index contributed by atoms with van der Waals surface area (Å²) in [6.07, 6.45) is 0.664. The maximum atomic E-state index is 12.8. The summed E-state index contributed by atoms with van der Waals surface area (Å²) < 4.78 is 5.81. The van der Waals surface area contributed by atoms with Crippen LogP contribution in [0.25, 0.3) is 21.7 Å². The summed E-state index contributed by atoms with van der Waals surface area (Å²) in [4.78, 5) is 12.8. The first-order valence-corrected chi connectivity index (χ1v) is 8.66. The summed E-state index contributed by atoms with van der Waals surface area (Å²) in [6.45, 7) is 2.41. The second-order valence-electron chi connectivity index (χ2n) is 6.30. The average molecular weight is 345 g/mol. The fraction of sp³-hybridized carbons (Fsp3) is 0.136. The molecule has 0 aliphatic heterocycles. The van der Waals surface area contributed by atoms with Gasteiger partial charge in [0.05, 0.1) is 5.56 Å². The molecule has 4 aromatic rings. The van der Waals surface area contributed by atoms with E-state index in [0.29, 0.717) is 24.3 Å². The fourth-order valence-corrected chi connectivity index (χ4v) is 3.26. The van der Waals surface area contributed by atoms with Crippen molar-refractivity contribution in [1.29, 1.82) is 0 Å². The third kappa shape index (κ3) is 2.90. The van der Waals surface area contributed by atoms with E-state index >= 15 is 0 Å². The van der Waals surface area contributed by atoms with Crippen LogP contribution in [0.1, 0.15) is 28.6 Å². The SMILES string of the molecule is CCc1oc2ccccc2c1C(=O)NCc1ccc2cc(O)ccc2c1. The molecule has 0 unspecified atom stereocenters. The lowest BCUT2D eigenvalue weighted by Crippen LogP contribution is -2.23. The lowest BCUT2D eigenvalue weighted by molar-refractivity contribution is 0.0950. The predicted octanol–water partition coefficient (Wildman–Crippen LogP) is 4.78. The molecule has 1 amide bonds. The molecule has 4 rings (SSSR count). The maximum absolute atomic E-state index is 12.8. The molecule has 0 fully saturated rings. The minimum atomic E-state index is -0.127. The summed E-state index contributed by atoms with van der Waals surface area (Å²) in [5.41, 5.74) is 2.36. The van der Waals surface area contributed by atoms with E-state index in [9.17, 15) is 9.90 Å². The van der Waals surface area contributed by atoms with Crippen LogP contribution in [-0.2, 0) is 13.0 Å². The van der Waals surface area contributed by atoms with Crippen LogP contribution in [0.15, 0.2) is 65.1 Å². The van der Waals surface area contributed by atoms with Gasteiger partial charge in [0.2, 0.25) is 0 Å². The molecule has 1 heterocycles. The largest absolute Gasteiger partial charge is 0.508 e. The van der Waals surface area contributed by atoms with Crippen LogP contribution in [0.2, 0.25) is 0 Å². The van der Waals surface area contributed by atoms with Gasteiger partial charge in [-0.15, -0.1) is 0 Å². The van der Waals surface area contributed by atoms with E-state index in [4.69, 9.17) is 4.42 Å². The molecular formula is C22H19NO3. The molecule has 0 bridgehead atoms. The van der Waals surface area contributed by atoms with Crippen molar-refractivity contribution in [3.05, 3.63) is 77.6 Å². The first-order valence-electron chi connectivity index (χ1n) is 8.66. The second kappa shape index (κ2) is 6.56. The zero-order valence-corrected chi connectivity index (χ0v) is 14.5. The number of phenolic OH excluding ortho intramolecular Hbond substituents is 1. The number of benzene rings is 3. The molecular weight excluding hydrogens is 326 g/mol. The highest BCUT2D eigenvalue weighted by molar-refractivity contribution is 6.07. The molecule has 26 heavy (non-hydrogen) atoms. The molecule has 0 aliphatic rings. The number of carbonyl (C=O) groups excluding carboxylic acids is 1. The molecule has 2 N–H and O–H groups in total. The quantitative estimate of drug-likeness (QED) is 0.559. The van der Waals surface area contributed by atoms with Crippen molar-refractivity contribution in [2.75, 3.05) is 0 Å². The summed E-state index contributed by atoms with van der Waals surface area (Å²) in [6, 6.07) is 18.8. The van der Waals surface area contributed by atoms with Crippen LogP contribution in [0.5, 0.6) is 5.75 Å². The van der Waals surface area contributed by atoms with Crippen molar-refractivity contribution in [2.45, 2.75) is 19.9 Å². The Labute approximate surface area is 151 Å². The first kappa shape index (κ1) is 16.2. The van der Waals surface area contributed by atoms with Crippen molar-refractivity contribution in [3.63, 3.8) is 0 Å². The Balaban J connectivity index is 1.58. The smallest absolute Gasteiger partial charge is 0.255 e. The number of carbonyl (C=O) groups is 1. The van der Waals surface area contributed by atoms with Crippen LogP contribution in [0.3, 0.4) is 0 Å². The Hall–Kier alpha value is -3.27. The minimum absolute atomic E-state index is 0.127. The van der Waals surface area contributed by atoms with E-state index in [1.807, 2.05) is 55.5 Å². The topological polar surface area (TPSA) is 62.5 Å². The Morgan fingerprint density at radius 1 is 1.04 bits per heavy atom. The highest BCUT2D eigenvalue weighted by atomic mass is 16.3. The summed E-state index contributed by atoms with van der Waals surface area (Å²) >= 11 is 0. The number of aryl methyl sites for hydroxylation is 1. The molecule has 0 radical (unpaired) electrons. The van der Waals surface area contributed by atoms with Crippen molar-refractivity contribution in [1.82, 2.24) is 5.32 Å². The van der Waals surface area contributed by atoms with Crippen molar-refractivity contribution in [2.24, 2.45) is 0 Å². The number of phenols is 1. The standard InChI is InChI=1S/C22H19NO3/c1-2-19-21(18-5-3-4-6-20(18)26-19)22(25)23-13-14-7-8-16-12-17(24)10-9-15(16)11-14/h3-12,24H,2,13H2,1H3,(H,23,25). The zero-order chi connectivity index (χ0) is 18.1. The Morgan fingerprint density at radius 2 is 1.81 bits per heavy atom. The van der Waals surface area contributed by atoms with E-state index in [1.54, 1.807) is 12.1 Å². The van der Waals surface area contributed by atoms with Gasteiger partial charge in [-0.05, 0) is 40.6 Å². The molecule has 1 aromatic heterocycles. The molecule has 3 aromatic carbocycles. The van der Waals surface area contributed by atoms with Gasteiger partial charge in [-0.25, -0.2) is 0 Å². The second-order valence-corrected chi connectivity index (χ2v) is 6.30. The van der Waals surface area contributed by atoms with Crippen LogP contribution < -0.4 is 5.32 Å². The third-order valence-corrected chi connectivity index (χ3v) is 4.56. The molecule has 0 saturated carbocycles. The maximum Gasteiger partial charge on any atom is 0.255 e. The molecule has 130 valence electrons. The van der Waals surface area contributed by atoms with Crippen LogP contribution in [0, 0.1) is 0 Å². The van der Waals surface area contributed by atoms with Gasteiger partial charge in [0.15, 0.2) is 0 Å². The lowest BCUT2D eigenvalue weighted by Gasteiger charge is -2.07. The summed E-state index contributed by atoms with van der Waals surface area (Å²) in [5, 5.41) is 15.4. The molecule has 0 atom stereocenters. The Bertz CT molecular complexity index is 1110. The molecule has 0 saturated heterocycles. The van der Waals surface area contributed by atoms with E-state index < -0.39 is 0 Å². The normalized spacial score (nSPS) is 11.1. The third-order valence-electron chi connectivity index (χ3n) is 4.56. The Morgan fingerprint density at radius 3 is 2.65 bits per heavy atom. The van der Waals surface area contributed by atoms with E-state index in [2.05, 4.69) is 5.32 Å². The van der Waals surface area contributed by atoms with E-state index in [-0.39, 0.29) is 11.7 Å². The van der Waals surface area contributed by atoms with E-state index in [1.165, 1.54) is 0 Å². The summed E-state index contributed by atoms with van der Waals surface area (Å²) in [5.74, 6) is 0.827. The van der Waals surface area contributed by atoms with Gasteiger partial charge in [0.1, 0.15) is 17.1 Å².